The van der Waals surface area contributed by atoms with E-state index in [1.807, 2.05) is 0 Å². The Kier molecular flexibility index (Phi) is 4.16. The zero-order valence-corrected chi connectivity index (χ0v) is 15.1. The number of nitrogens with zero attached hydrogens (tertiary/aromatic N) is 1. The Morgan fingerprint density at radius 1 is 1.15 bits per heavy atom. The van der Waals surface area contributed by atoms with E-state index in [0.29, 0.717) is 42.1 Å². The Balaban J connectivity index is 1.56. The fraction of sp³-hybridized carbons (Fsp3) is 0.263. The summed E-state index contributed by atoms with van der Waals surface area (Å²) < 4.78 is 19.0. The molecule has 26 heavy (non-hydrogen) atoms. The number of amides is 1. The standard InChI is InChI=1S/C19H14Cl2FNO3/c20-15-3-1-2-12(16(15)21)17(24)23-8-6-19(7-9-23)14-5-4-11(22)10-13(14)18(25)26-19/h1-5,10H,6-9H2. The summed E-state index contributed by atoms with van der Waals surface area (Å²) in [6.07, 6.45) is 0.891. The molecule has 0 N–H and O–H groups in total. The molecule has 1 fully saturated rings. The van der Waals surface area contributed by atoms with Crippen LogP contribution >= 0.6 is 23.2 Å². The fourth-order valence-electron chi connectivity index (χ4n) is 3.65. The van der Waals surface area contributed by atoms with Crippen LogP contribution < -0.4 is 0 Å². The number of hydrogen-bond donors (Lipinski definition) is 0. The summed E-state index contributed by atoms with van der Waals surface area (Å²) in [7, 11) is 0. The van der Waals surface area contributed by atoms with Gasteiger partial charge in [-0.1, -0.05) is 35.3 Å². The van der Waals surface area contributed by atoms with E-state index < -0.39 is 17.4 Å². The molecule has 0 saturated carbocycles. The molecular formula is C19H14Cl2FNO3. The van der Waals surface area contributed by atoms with Crippen molar-refractivity contribution < 1.29 is 18.7 Å². The first-order valence-electron chi connectivity index (χ1n) is 8.18. The van der Waals surface area contributed by atoms with Gasteiger partial charge in [-0.15, -0.1) is 0 Å². The van der Waals surface area contributed by atoms with Gasteiger partial charge in [0.05, 0.1) is 21.2 Å². The minimum Gasteiger partial charge on any atom is -0.450 e. The lowest BCUT2D eigenvalue weighted by atomic mass is 9.83. The third-order valence-corrected chi connectivity index (χ3v) is 5.84. The maximum atomic E-state index is 13.4. The number of rotatable bonds is 1. The van der Waals surface area contributed by atoms with Crippen LogP contribution in [0.2, 0.25) is 10.0 Å². The summed E-state index contributed by atoms with van der Waals surface area (Å²) in [6.45, 7) is 0.789. The van der Waals surface area contributed by atoms with E-state index >= 15 is 0 Å². The molecular weight excluding hydrogens is 380 g/mol. The van der Waals surface area contributed by atoms with Crippen LogP contribution in [0.25, 0.3) is 0 Å². The molecule has 0 aliphatic carbocycles. The number of fused-ring (bicyclic) bond motifs is 2. The average molecular weight is 394 g/mol. The van der Waals surface area contributed by atoms with E-state index in [-0.39, 0.29) is 16.5 Å². The van der Waals surface area contributed by atoms with Gasteiger partial charge in [-0.3, -0.25) is 4.79 Å². The first-order chi connectivity index (χ1) is 12.4. The Labute approximate surface area is 159 Å². The van der Waals surface area contributed by atoms with E-state index in [2.05, 4.69) is 0 Å². The van der Waals surface area contributed by atoms with E-state index in [1.54, 1.807) is 29.2 Å². The zero-order chi connectivity index (χ0) is 18.5. The Morgan fingerprint density at radius 2 is 1.88 bits per heavy atom. The molecule has 0 bridgehead atoms. The average Bonchev–Trinajstić information content (AvgIpc) is 2.89. The van der Waals surface area contributed by atoms with Crippen LogP contribution in [0.15, 0.2) is 36.4 Å². The van der Waals surface area contributed by atoms with E-state index in [4.69, 9.17) is 27.9 Å². The highest BCUT2D eigenvalue weighted by Gasteiger charge is 2.48. The highest BCUT2D eigenvalue weighted by atomic mass is 35.5. The Hall–Kier alpha value is -2.11. The van der Waals surface area contributed by atoms with Crippen molar-refractivity contribution in [2.45, 2.75) is 18.4 Å². The molecule has 2 aliphatic heterocycles. The van der Waals surface area contributed by atoms with Gasteiger partial charge in [-0.2, -0.15) is 0 Å². The van der Waals surface area contributed by atoms with Gasteiger partial charge in [-0.25, -0.2) is 9.18 Å². The maximum Gasteiger partial charge on any atom is 0.339 e. The number of esters is 1. The molecule has 0 atom stereocenters. The smallest absolute Gasteiger partial charge is 0.339 e. The highest BCUT2D eigenvalue weighted by Crippen LogP contribution is 2.44. The number of halogens is 3. The number of carbonyl (C=O) groups excluding carboxylic acids is 2. The minimum absolute atomic E-state index is 0.212. The molecule has 0 aromatic heterocycles. The van der Waals surface area contributed by atoms with Crippen molar-refractivity contribution in [1.29, 1.82) is 0 Å². The molecule has 1 saturated heterocycles. The summed E-state index contributed by atoms with van der Waals surface area (Å²) in [5.41, 5.74) is 0.509. The monoisotopic (exact) mass is 393 g/mol. The van der Waals surface area contributed by atoms with Gasteiger partial charge in [0, 0.05) is 31.5 Å². The van der Waals surface area contributed by atoms with Gasteiger partial charge in [0.1, 0.15) is 11.4 Å². The van der Waals surface area contributed by atoms with Gasteiger partial charge in [0.25, 0.3) is 5.91 Å². The van der Waals surface area contributed by atoms with Crippen LogP contribution in [0, 0.1) is 5.82 Å². The maximum absolute atomic E-state index is 13.4. The molecule has 4 rings (SSSR count). The fourth-order valence-corrected chi connectivity index (χ4v) is 4.03. The number of carbonyl (C=O) groups is 2. The Bertz CT molecular complexity index is 923. The van der Waals surface area contributed by atoms with Gasteiger partial charge < -0.3 is 9.64 Å². The summed E-state index contributed by atoms with van der Waals surface area (Å²) in [6, 6.07) is 9.06. The van der Waals surface area contributed by atoms with Gasteiger partial charge in [0.15, 0.2) is 0 Å². The van der Waals surface area contributed by atoms with Crippen molar-refractivity contribution >= 4 is 35.1 Å². The van der Waals surface area contributed by atoms with Crippen LogP contribution in [0.5, 0.6) is 0 Å². The molecule has 134 valence electrons. The number of piperidine rings is 1. The van der Waals surface area contributed by atoms with Crippen molar-refractivity contribution in [3.05, 3.63) is 69.0 Å². The Morgan fingerprint density at radius 3 is 2.62 bits per heavy atom. The van der Waals surface area contributed by atoms with Crippen LogP contribution in [-0.2, 0) is 10.3 Å². The van der Waals surface area contributed by atoms with Gasteiger partial charge >= 0.3 is 5.97 Å². The highest BCUT2D eigenvalue weighted by molar-refractivity contribution is 6.43. The predicted octanol–water partition coefficient (Wildman–Crippen LogP) is 4.43. The van der Waals surface area contributed by atoms with Gasteiger partial charge in [-0.05, 0) is 24.3 Å². The third kappa shape index (κ3) is 2.66. The molecule has 2 aromatic carbocycles. The van der Waals surface area contributed by atoms with Gasteiger partial charge in [0.2, 0.25) is 0 Å². The molecule has 2 heterocycles. The van der Waals surface area contributed by atoms with Crippen molar-refractivity contribution in [2.24, 2.45) is 0 Å². The summed E-state index contributed by atoms with van der Waals surface area (Å²) >= 11 is 12.1. The summed E-state index contributed by atoms with van der Waals surface area (Å²) in [4.78, 5) is 26.5. The molecule has 7 heteroatoms. The van der Waals surface area contributed by atoms with Crippen molar-refractivity contribution in [3.63, 3.8) is 0 Å². The third-order valence-electron chi connectivity index (χ3n) is 5.02. The second-order valence-corrected chi connectivity index (χ2v) is 7.25. The molecule has 0 unspecified atom stereocenters. The van der Waals surface area contributed by atoms with E-state index in [9.17, 15) is 14.0 Å². The lowest BCUT2D eigenvalue weighted by Gasteiger charge is -2.38. The number of likely N-dealkylation sites (tertiary alicyclic amines) is 1. The van der Waals surface area contributed by atoms with Crippen molar-refractivity contribution in [3.8, 4) is 0 Å². The topological polar surface area (TPSA) is 46.6 Å². The largest absolute Gasteiger partial charge is 0.450 e. The molecule has 1 spiro atoms. The summed E-state index contributed by atoms with van der Waals surface area (Å²) in [5.74, 6) is -1.20. The number of ether oxygens (including phenoxy) is 1. The first-order valence-corrected chi connectivity index (χ1v) is 8.93. The first kappa shape index (κ1) is 17.3. The second-order valence-electron chi connectivity index (χ2n) is 6.47. The number of benzene rings is 2. The number of hydrogen-bond acceptors (Lipinski definition) is 3. The zero-order valence-electron chi connectivity index (χ0n) is 13.6. The quantitative estimate of drug-likeness (QED) is 0.673. The minimum atomic E-state index is -0.797. The predicted molar refractivity (Wildman–Crippen MR) is 95.1 cm³/mol. The normalized spacial score (nSPS) is 18.0. The van der Waals surface area contributed by atoms with E-state index in [0.717, 1.165) is 0 Å². The second kappa shape index (κ2) is 6.25. The lowest BCUT2D eigenvalue weighted by molar-refractivity contribution is -0.0389. The molecule has 1 amide bonds. The van der Waals surface area contributed by atoms with E-state index in [1.165, 1.54) is 12.1 Å². The van der Waals surface area contributed by atoms with Crippen LogP contribution in [-0.4, -0.2) is 29.9 Å². The van der Waals surface area contributed by atoms with Crippen LogP contribution in [0.1, 0.15) is 39.1 Å². The van der Waals surface area contributed by atoms with Crippen LogP contribution in [0.3, 0.4) is 0 Å². The van der Waals surface area contributed by atoms with Crippen molar-refractivity contribution in [1.82, 2.24) is 4.90 Å². The molecule has 2 aromatic rings. The molecule has 0 radical (unpaired) electrons. The lowest BCUT2D eigenvalue weighted by Crippen LogP contribution is -2.45. The molecule has 2 aliphatic rings. The van der Waals surface area contributed by atoms with Crippen molar-refractivity contribution in [2.75, 3.05) is 13.1 Å². The van der Waals surface area contributed by atoms with Crippen LogP contribution in [0.4, 0.5) is 4.39 Å². The molecule has 4 nitrogen and oxygen atoms in total. The summed E-state index contributed by atoms with van der Waals surface area (Å²) in [5, 5.41) is 0.555. The SMILES string of the molecule is O=C1OC2(CCN(C(=O)c3cccc(Cl)c3Cl)CC2)c2ccc(F)cc21.